The first-order valence-electron chi connectivity index (χ1n) is 8.43. The molecule has 3 rings (SSSR count). The zero-order valence-electron chi connectivity index (χ0n) is 15.5. The number of nitrogens with zero attached hydrogens (tertiary/aromatic N) is 4. The number of halogens is 2. The van der Waals surface area contributed by atoms with Gasteiger partial charge < -0.3 is 10.6 Å². The highest BCUT2D eigenvalue weighted by Crippen LogP contribution is 2.23. The molecule has 0 aliphatic carbocycles. The number of fused-ring (bicyclic) bond motifs is 1. The maximum atomic E-state index is 12.9. The fourth-order valence-electron chi connectivity index (χ4n) is 3.46. The molecule has 1 saturated heterocycles. The van der Waals surface area contributed by atoms with Crippen molar-refractivity contribution in [3.05, 3.63) is 38.7 Å². The van der Waals surface area contributed by atoms with E-state index in [4.69, 9.17) is 5.73 Å². The number of rotatable bonds is 2. The van der Waals surface area contributed by atoms with E-state index in [0.717, 1.165) is 17.4 Å². The zero-order valence-corrected chi connectivity index (χ0v) is 17.2. The third-order valence-corrected chi connectivity index (χ3v) is 5.03. The monoisotopic (exact) mass is 417 g/mol. The molecule has 150 valence electrons. The highest BCUT2D eigenvalue weighted by atomic mass is 35.5. The number of aromatic nitrogens is 3. The van der Waals surface area contributed by atoms with Crippen molar-refractivity contribution in [2.24, 2.45) is 25.7 Å². The van der Waals surface area contributed by atoms with E-state index >= 15 is 0 Å². The molecular formula is C17H25Cl2N5O3. The minimum Gasteiger partial charge on any atom is -0.333 e. The lowest BCUT2D eigenvalue weighted by atomic mass is 9.92. The van der Waals surface area contributed by atoms with Gasteiger partial charge in [-0.05, 0) is 30.9 Å². The lowest BCUT2D eigenvalue weighted by molar-refractivity contribution is 0.0568. The Morgan fingerprint density at radius 1 is 1.22 bits per heavy atom. The molecule has 0 bridgehead atoms. The van der Waals surface area contributed by atoms with Crippen LogP contribution in [0.4, 0.5) is 0 Å². The molecule has 10 heteroatoms. The van der Waals surface area contributed by atoms with Crippen LogP contribution in [0.3, 0.4) is 0 Å². The second kappa shape index (κ2) is 8.86. The fourth-order valence-corrected chi connectivity index (χ4v) is 3.46. The average Bonchev–Trinajstić information content (AvgIpc) is 2.63. The Labute approximate surface area is 169 Å². The summed E-state index contributed by atoms with van der Waals surface area (Å²) in [7, 11) is 2.96. The number of hydrogen-bond donors (Lipinski definition) is 1. The number of aryl methyl sites for hydroxylation is 1. The summed E-state index contributed by atoms with van der Waals surface area (Å²) in [4.78, 5) is 43.3. The first-order chi connectivity index (χ1) is 11.8. The van der Waals surface area contributed by atoms with E-state index in [2.05, 4.69) is 11.9 Å². The van der Waals surface area contributed by atoms with Crippen LogP contribution in [0.2, 0.25) is 0 Å². The fraction of sp³-hybridized carbons (Fsp3) is 0.529. The van der Waals surface area contributed by atoms with Crippen LogP contribution in [-0.4, -0.2) is 44.1 Å². The average molecular weight is 418 g/mol. The van der Waals surface area contributed by atoms with Gasteiger partial charge in [0.2, 0.25) is 0 Å². The van der Waals surface area contributed by atoms with Crippen LogP contribution in [-0.2, 0) is 14.1 Å². The predicted octanol–water partition coefficient (Wildman–Crippen LogP) is 0.675. The molecule has 1 amide bonds. The lowest BCUT2D eigenvalue weighted by Gasteiger charge is -2.37. The molecule has 2 unspecified atom stereocenters. The summed E-state index contributed by atoms with van der Waals surface area (Å²) in [5.74, 6) is 0.323. The molecule has 3 heterocycles. The Morgan fingerprint density at radius 3 is 2.52 bits per heavy atom. The van der Waals surface area contributed by atoms with Gasteiger partial charge in [0.05, 0.1) is 5.39 Å². The van der Waals surface area contributed by atoms with Gasteiger partial charge in [0.25, 0.3) is 11.5 Å². The van der Waals surface area contributed by atoms with Crippen molar-refractivity contribution in [2.45, 2.75) is 25.8 Å². The van der Waals surface area contributed by atoms with Crippen molar-refractivity contribution >= 4 is 41.8 Å². The van der Waals surface area contributed by atoms with E-state index in [9.17, 15) is 14.4 Å². The Bertz CT molecular complexity index is 956. The van der Waals surface area contributed by atoms with Gasteiger partial charge in [0, 0.05) is 33.2 Å². The normalized spacial score (nSPS) is 19.3. The molecule has 0 spiro atoms. The van der Waals surface area contributed by atoms with E-state index in [1.54, 1.807) is 17.0 Å². The number of likely N-dealkylation sites (tertiary alicyclic amines) is 1. The Balaban J connectivity index is 0.00000182. The number of hydrogen-bond acceptors (Lipinski definition) is 5. The quantitative estimate of drug-likeness (QED) is 0.773. The maximum absolute atomic E-state index is 12.9. The standard InChI is InChI=1S/C17H23N5O3.2ClH/c1-10-6-7-22(11(8-10)9-18)16(24)13-5-4-12-14(19-13)20(2)17(25)21(3)15(12)23;;/h4-5,10-11H,6-9,18H2,1-3H3;2*1H. The zero-order chi connectivity index (χ0) is 18.3. The van der Waals surface area contributed by atoms with Gasteiger partial charge in [0.15, 0.2) is 0 Å². The van der Waals surface area contributed by atoms with Crippen molar-refractivity contribution in [3.63, 3.8) is 0 Å². The molecule has 2 aromatic heterocycles. The summed E-state index contributed by atoms with van der Waals surface area (Å²) < 4.78 is 2.31. The largest absolute Gasteiger partial charge is 0.333 e. The Hall–Kier alpha value is -1.90. The molecule has 0 radical (unpaired) electrons. The molecular weight excluding hydrogens is 393 g/mol. The SMILES string of the molecule is CC1CCN(C(=O)c2ccc3c(=O)n(C)c(=O)n(C)c3n2)C(CN)C1.Cl.Cl. The van der Waals surface area contributed by atoms with E-state index in [-0.39, 0.29) is 48.1 Å². The number of pyridine rings is 1. The minimum absolute atomic E-state index is 0. The molecule has 2 N–H and O–H groups in total. The van der Waals surface area contributed by atoms with Crippen LogP contribution >= 0.6 is 24.8 Å². The summed E-state index contributed by atoms with van der Waals surface area (Å²) in [6.45, 7) is 3.20. The smallest absolute Gasteiger partial charge is 0.332 e. The van der Waals surface area contributed by atoms with E-state index in [0.29, 0.717) is 24.4 Å². The second-order valence-corrected chi connectivity index (χ2v) is 6.79. The van der Waals surface area contributed by atoms with Gasteiger partial charge >= 0.3 is 5.69 Å². The van der Waals surface area contributed by atoms with Crippen LogP contribution in [0.5, 0.6) is 0 Å². The van der Waals surface area contributed by atoms with Gasteiger partial charge in [-0.2, -0.15) is 0 Å². The topological polar surface area (TPSA) is 103 Å². The molecule has 2 aromatic rings. The summed E-state index contributed by atoms with van der Waals surface area (Å²) in [5, 5.41) is 0.309. The first-order valence-corrected chi connectivity index (χ1v) is 8.43. The van der Waals surface area contributed by atoms with Gasteiger partial charge in [0.1, 0.15) is 11.3 Å². The summed E-state index contributed by atoms with van der Waals surface area (Å²) in [6, 6.07) is 3.09. The van der Waals surface area contributed by atoms with Crippen molar-refractivity contribution in [1.29, 1.82) is 0 Å². The first kappa shape index (κ1) is 23.1. The number of piperidine rings is 1. The van der Waals surface area contributed by atoms with Crippen LogP contribution in [0.15, 0.2) is 21.7 Å². The molecule has 27 heavy (non-hydrogen) atoms. The highest BCUT2D eigenvalue weighted by molar-refractivity contribution is 5.94. The third-order valence-electron chi connectivity index (χ3n) is 5.03. The summed E-state index contributed by atoms with van der Waals surface area (Å²) in [5.41, 5.74) is 5.39. The van der Waals surface area contributed by atoms with Crippen molar-refractivity contribution in [1.82, 2.24) is 19.0 Å². The summed E-state index contributed by atoms with van der Waals surface area (Å²) in [6.07, 6.45) is 1.80. The molecule has 8 nitrogen and oxygen atoms in total. The van der Waals surface area contributed by atoms with Gasteiger partial charge in [-0.15, -0.1) is 24.8 Å². The van der Waals surface area contributed by atoms with Gasteiger partial charge in [-0.25, -0.2) is 9.78 Å². The van der Waals surface area contributed by atoms with Gasteiger partial charge in [-0.3, -0.25) is 18.7 Å². The van der Waals surface area contributed by atoms with Crippen LogP contribution in [0.1, 0.15) is 30.3 Å². The molecule has 1 aliphatic rings. The molecule has 2 atom stereocenters. The Kier molecular flexibility index (Phi) is 7.59. The number of amides is 1. The van der Waals surface area contributed by atoms with E-state index in [1.807, 2.05) is 0 Å². The minimum atomic E-state index is -0.471. The van der Waals surface area contributed by atoms with Crippen molar-refractivity contribution < 1.29 is 4.79 Å². The predicted molar refractivity (Wildman–Crippen MR) is 109 cm³/mol. The highest BCUT2D eigenvalue weighted by Gasteiger charge is 2.30. The Morgan fingerprint density at radius 2 is 1.89 bits per heavy atom. The number of nitrogens with two attached hydrogens (primary N) is 1. The molecule has 0 aromatic carbocycles. The second-order valence-electron chi connectivity index (χ2n) is 6.79. The van der Waals surface area contributed by atoms with Crippen LogP contribution in [0, 0.1) is 5.92 Å². The van der Waals surface area contributed by atoms with E-state index in [1.165, 1.54) is 18.7 Å². The number of carbonyl (C=O) groups is 1. The van der Waals surface area contributed by atoms with Crippen LogP contribution < -0.4 is 17.0 Å². The molecule has 0 saturated carbocycles. The van der Waals surface area contributed by atoms with Crippen LogP contribution in [0.25, 0.3) is 11.0 Å². The summed E-state index contributed by atoms with van der Waals surface area (Å²) >= 11 is 0. The third kappa shape index (κ3) is 4.02. The van der Waals surface area contributed by atoms with Crippen molar-refractivity contribution in [3.8, 4) is 0 Å². The number of carbonyl (C=O) groups excluding carboxylic acids is 1. The molecule has 1 aliphatic heterocycles. The molecule has 1 fully saturated rings. The lowest BCUT2D eigenvalue weighted by Crippen LogP contribution is -2.49. The van der Waals surface area contributed by atoms with Gasteiger partial charge in [-0.1, -0.05) is 6.92 Å². The maximum Gasteiger partial charge on any atom is 0.332 e. The van der Waals surface area contributed by atoms with E-state index < -0.39 is 11.2 Å². The van der Waals surface area contributed by atoms with Crippen molar-refractivity contribution in [2.75, 3.05) is 13.1 Å².